The van der Waals surface area contributed by atoms with Crippen molar-refractivity contribution in [2.24, 2.45) is 5.73 Å². The zero-order valence-electron chi connectivity index (χ0n) is 10.3. The molecule has 90 valence electrons. The molecule has 0 radical (unpaired) electrons. The first-order chi connectivity index (χ1) is 7.11. The van der Waals surface area contributed by atoms with E-state index < -0.39 is 5.67 Å². The highest BCUT2D eigenvalue weighted by Gasteiger charge is 2.27. The van der Waals surface area contributed by atoms with Crippen LogP contribution >= 0.6 is 11.6 Å². The predicted molar refractivity (Wildman–Crippen MR) is 67.6 cm³/mol. The van der Waals surface area contributed by atoms with Gasteiger partial charge in [0.1, 0.15) is 5.67 Å². The molecule has 0 aliphatic rings. The first-order valence-corrected chi connectivity index (χ1v) is 5.75. The smallest absolute Gasteiger partial charge is 0.132 e. The molecule has 0 saturated carbocycles. The van der Waals surface area contributed by atoms with E-state index in [2.05, 4.69) is 0 Å². The molecule has 0 atom stereocenters. The van der Waals surface area contributed by atoms with Crippen molar-refractivity contribution in [3.63, 3.8) is 0 Å². The highest BCUT2D eigenvalue weighted by molar-refractivity contribution is 6.31. The van der Waals surface area contributed by atoms with E-state index in [-0.39, 0.29) is 5.54 Å². The average Bonchev–Trinajstić information content (AvgIpc) is 1.97. The van der Waals surface area contributed by atoms with Gasteiger partial charge in [-0.2, -0.15) is 0 Å². The molecule has 1 aromatic rings. The molecule has 0 amide bonds. The van der Waals surface area contributed by atoms with Crippen LogP contribution in [0.5, 0.6) is 0 Å². The second-order valence-electron chi connectivity index (χ2n) is 5.41. The van der Waals surface area contributed by atoms with Crippen molar-refractivity contribution in [3.8, 4) is 0 Å². The van der Waals surface area contributed by atoms with Crippen molar-refractivity contribution in [2.45, 2.75) is 45.3 Å². The Kier molecular flexibility index (Phi) is 3.65. The van der Waals surface area contributed by atoms with Gasteiger partial charge in [-0.25, -0.2) is 4.39 Å². The maximum absolute atomic E-state index is 14.1. The number of hydrogen-bond acceptors (Lipinski definition) is 1. The molecule has 1 aromatic carbocycles. The topological polar surface area (TPSA) is 26.0 Å². The molecule has 0 fully saturated rings. The van der Waals surface area contributed by atoms with E-state index in [9.17, 15) is 4.39 Å². The molecule has 1 rings (SSSR count). The number of nitrogens with two attached hydrogens (primary N) is 1. The van der Waals surface area contributed by atoms with E-state index in [1.54, 1.807) is 6.07 Å². The summed E-state index contributed by atoms with van der Waals surface area (Å²) >= 11 is 6.06. The molecule has 0 heterocycles. The van der Waals surface area contributed by atoms with Crippen molar-refractivity contribution < 1.29 is 4.39 Å². The molecule has 0 unspecified atom stereocenters. The minimum absolute atomic E-state index is 0.370. The number of alkyl halides is 1. The summed E-state index contributed by atoms with van der Waals surface area (Å²) in [5.41, 5.74) is 5.58. The minimum Gasteiger partial charge on any atom is -0.325 e. The Morgan fingerprint density at radius 1 is 1.25 bits per heavy atom. The summed E-state index contributed by atoms with van der Waals surface area (Å²) in [5, 5.41) is 0.467. The Morgan fingerprint density at radius 3 is 2.25 bits per heavy atom. The highest BCUT2D eigenvalue weighted by atomic mass is 35.5. The number of halogens is 2. The fourth-order valence-electron chi connectivity index (χ4n) is 1.87. The fraction of sp³-hybridized carbons (Fsp3) is 0.538. The summed E-state index contributed by atoms with van der Waals surface area (Å²) in [6.45, 7) is 6.87. The van der Waals surface area contributed by atoms with Crippen molar-refractivity contribution in [3.05, 3.63) is 34.3 Å². The van der Waals surface area contributed by atoms with Crippen LogP contribution < -0.4 is 5.73 Å². The zero-order chi connectivity index (χ0) is 12.6. The first kappa shape index (κ1) is 13.5. The second kappa shape index (κ2) is 4.34. The molecular weight excluding hydrogens is 225 g/mol. The van der Waals surface area contributed by atoms with E-state index in [1.807, 2.05) is 26.0 Å². The molecule has 3 heteroatoms. The molecule has 2 N–H and O–H groups in total. The highest BCUT2D eigenvalue weighted by Crippen LogP contribution is 2.35. The van der Waals surface area contributed by atoms with Gasteiger partial charge in [-0.3, -0.25) is 0 Å². The van der Waals surface area contributed by atoms with Gasteiger partial charge >= 0.3 is 0 Å². The Labute approximate surface area is 102 Å². The third-order valence-electron chi connectivity index (χ3n) is 2.34. The van der Waals surface area contributed by atoms with Gasteiger partial charge in [-0.05, 0) is 45.7 Å². The van der Waals surface area contributed by atoms with Crippen LogP contribution in [0, 0.1) is 0 Å². The Morgan fingerprint density at radius 2 is 1.81 bits per heavy atom. The molecule has 0 saturated heterocycles. The molecule has 0 bridgehead atoms. The summed E-state index contributed by atoms with van der Waals surface area (Å²) in [6, 6.07) is 5.43. The van der Waals surface area contributed by atoms with Crippen molar-refractivity contribution in [1.29, 1.82) is 0 Å². The van der Waals surface area contributed by atoms with Crippen molar-refractivity contribution in [2.75, 3.05) is 0 Å². The SMILES string of the molecule is CC(C)(N)Cc1cccc(Cl)c1C(C)(C)F. The van der Waals surface area contributed by atoms with Crippen LogP contribution in [-0.2, 0) is 12.1 Å². The summed E-state index contributed by atoms with van der Waals surface area (Å²) in [4.78, 5) is 0. The Bertz CT molecular complexity index is 374. The predicted octanol–water partition coefficient (Wildman–Crippen LogP) is 3.82. The van der Waals surface area contributed by atoms with Crippen LogP contribution in [0.2, 0.25) is 5.02 Å². The normalized spacial score (nSPS) is 12.9. The average molecular weight is 244 g/mol. The summed E-state index contributed by atoms with van der Waals surface area (Å²) in [5.74, 6) is 0. The monoisotopic (exact) mass is 243 g/mol. The van der Waals surface area contributed by atoms with Crippen LogP contribution in [0.1, 0.15) is 38.8 Å². The maximum atomic E-state index is 14.1. The number of benzene rings is 1. The standard InChI is InChI=1S/C13H19ClFN/c1-12(2,16)8-9-6-5-7-10(14)11(9)13(3,4)15/h5-7H,8,16H2,1-4H3. The zero-order valence-corrected chi connectivity index (χ0v) is 11.0. The Balaban J connectivity index is 3.24. The molecule has 0 aliphatic heterocycles. The van der Waals surface area contributed by atoms with E-state index in [4.69, 9.17) is 17.3 Å². The van der Waals surface area contributed by atoms with Gasteiger partial charge in [-0.15, -0.1) is 0 Å². The van der Waals surface area contributed by atoms with Crippen LogP contribution in [0.25, 0.3) is 0 Å². The van der Waals surface area contributed by atoms with E-state index >= 15 is 0 Å². The van der Waals surface area contributed by atoms with Gasteiger partial charge in [0.05, 0.1) is 0 Å². The molecule has 0 spiro atoms. The minimum atomic E-state index is -1.45. The fourth-order valence-corrected chi connectivity index (χ4v) is 2.29. The van der Waals surface area contributed by atoms with Gasteiger partial charge < -0.3 is 5.73 Å². The molecular formula is C13H19ClFN. The second-order valence-corrected chi connectivity index (χ2v) is 5.82. The quantitative estimate of drug-likeness (QED) is 0.858. The summed E-state index contributed by atoms with van der Waals surface area (Å²) in [7, 11) is 0. The summed E-state index contributed by atoms with van der Waals surface area (Å²) < 4.78 is 14.1. The molecule has 0 aliphatic carbocycles. The van der Waals surface area contributed by atoms with Crippen molar-refractivity contribution >= 4 is 11.6 Å². The number of rotatable bonds is 3. The van der Waals surface area contributed by atoms with Gasteiger partial charge in [0, 0.05) is 16.1 Å². The van der Waals surface area contributed by atoms with E-state index in [1.165, 1.54) is 13.8 Å². The van der Waals surface area contributed by atoms with Crippen LogP contribution in [-0.4, -0.2) is 5.54 Å². The third kappa shape index (κ3) is 3.46. The lowest BCUT2D eigenvalue weighted by Crippen LogP contribution is -2.35. The van der Waals surface area contributed by atoms with Crippen LogP contribution in [0.4, 0.5) is 4.39 Å². The van der Waals surface area contributed by atoms with Gasteiger partial charge in [0.15, 0.2) is 0 Å². The lowest BCUT2D eigenvalue weighted by molar-refractivity contribution is 0.219. The first-order valence-electron chi connectivity index (χ1n) is 5.37. The maximum Gasteiger partial charge on any atom is 0.132 e. The molecule has 1 nitrogen and oxygen atoms in total. The van der Waals surface area contributed by atoms with Crippen LogP contribution in [0.3, 0.4) is 0 Å². The lowest BCUT2D eigenvalue weighted by Gasteiger charge is -2.25. The van der Waals surface area contributed by atoms with Crippen LogP contribution in [0.15, 0.2) is 18.2 Å². The molecule has 0 aromatic heterocycles. The van der Waals surface area contributed by atoms with E-state index in [0.717, 1.165) is 5.56 Å². The van der Waals surface area contributed by atoms with Gasteiger partial charge in [0.2, 0.25) is 0 Å². The van der Waals surface area contributed by atoms with Crippen molar-refractivity contribution in [1.82, 2.24) is 0 Å². The third-order valence-corrected chi connectivity index (χ3v) is 2.66. The largest absolute Gasteiger partial charge is 0.325 e. The lowest BCUT2D eigenvalue weighted by atomic mass is 9.87. The van der Waals surface area contributed by atoms with Gasteiger partial charge in [0.25, 0.3) is 0 Å². The molecule has 16 heavy (non-hydrogen) atoms. The Hall–Kier alpha value is -0.600. The summed E-state index contributed by atoms with van der Waals surface area (Å²) in [6.07, 6.45) is 0.607. The van der Waals surface area contributed by atoms with Gasteiger partial charge in [-0.1, -0.05) is 23.7 Å². The number of hydrogen-bond donors (Lipinski definition) is 1. The van der Waals surface area contributed by atoms with E-state index in [0.29, 0.717) is 17.0 Å².